The minimum absolute atomic E-state index is 0.158. The molecule has 2 heterocycles. The van der Waals surface area contributed by atoms with Crippen molar-refractivity contribution < 1.29 is 17.9 Å². The Morgan fingerprint density at radius 1 is 1.18 bits per heavy atom. The van der Waals surface area contributed by atoms with Crippen molar-refractivity contribution in [3.05, 3.63) is 60.6 Å². The van der Waals surface area contributed by atoms with Gasteiger partial charge in [0.2, 0.25) is 15.8 Å². The number of benzene rings is 1. The number of carbonyl (C=O) groups is 1. The van der Waals surface area contributed by atoms with Crippen molar-refractivity contribution in [3.8, 4) is 0 Å². The highest BCUT2D eigenvalue weighted by Gasteiger charge is 2.26. The number of ketones is 1. The zero-order chi connectivity index (χ0) is 20.1. The first-order chi connectivity index (χ1) is 13.4. The number of allylic oxidation sites excluding steroid dienone is 3. The lowest BCUT2D eigenvalue weighted by Crippen LogP contribution is -2.40. The molecule has 28 heavy (non-hydrogen) atoms. The van der Waals surface area contributed by atoms with Crippen LogP contribution in [0.2, 0.25) is 0 Å². The number of rotatable bonds is 6. The van der Waals surface area contributed by atoms with E-state index in [9.17, 15) is 13.2 Å². The van der Waals surface area contributed by atoms with Gasteiger partial charge in [-0.2, -0.15) is 4.31 Å². The van der Waals surface area contributed by atoms with Gasteiger partial charge in [0.1, 0.15) is 5.70 Å². The molecule has 1 N–H and O–H groups in total. The summed E-state index contributed by atoms with van der Waals surface area (Å²) in [6.07, 6.45) is 8.37. The number of hydrogen-bond acceptors (Lipinski definition) is 7. The molecule has 1 fully saturated rings. The maximum Gasteiger partial charge on any atom is 0.243 e. The largest absolute Gasteiger partial charge is 0.383 e. The summed E-state index contributed by atoms with van der Waals surface area (Å²) in [7, 11) is 0.145. The molecule has 1 saturated heterocycles. The number of ether oxygens (including phenoxy) is 1. The van der Waals surface area contributed by atoms with E-state index in [2.05, 4.69) is 5.43 Å². The summed E-state index contributed by atoms with van der Waals surface area (Å²) in [5, 5.41) is 1.67. The first-order valence-electron chi connectivity index (χ1n) is 8.89. The third-order valence-electron chi connectivity index (χ3n) is 4.25. The molecule has 0 spiro atoms. The fourth-order valence-electron chi connectivity index (χ4n) is 2.74. The van der Waals surface area contributed by atoms with Crippen LogP contribution in [0.1, 0.15) is 0 Å². The van der Waals surface area contributed by atoms with Gasteiger partial charge in [-0.25, -0.2) is 8.42 Å². The first-order valence-corrected chi connectivity index (χ1v) is 10.3. The van der Waals surface area contributed by atoms with Crippen LogP contribution in [-0.2, 0) is 19.6 Å². The molecule has 8 nitrogen and oxygen atoms in total. The van der Waals surface area contributed by atoms with Gasteiger partial charge in [-0.05, 0) is 36.4 Å². The molecule has 0 atom stereocenters. The molecule has 0 amide bonds. The van der Waals surface area contributed by atoms with Gasteiger partial charge in [0.05, 0.1) is 23.8 Å². The standard InChI is InChI=1S/C19H24N4O4S/c1-21(2)11-9-19(24)18-4-3-10-23(20-18)16-5-7-17(8-6-16)28(25,26)22-12-14-27-15-13-22/h3-11,20H,12-15H2,1-2H3. The molecule has 0 bridgehead atoms. The zero-order valence-corrected chi connectivity index (χ0v) is 16.7. The SMILES string of the molecule is CN(C)C=CC(=O)C1=CC=CN(c2ccc(S(=O)(=O)N3CCOCC3)cc2)N1. The maximum atomic E-state index is 12.7. The van der Waals surface area contributed by atoms with Crippen LogP contribution in [0.15, 0.2) is 65.5 Å². The number of sulfonamides is 1. The van der Waals surface area contributed by atoms with E-state index in [0.717, 1.165) is 0 Å². The van der Waals surface area contributed by atoms with Crippen LogP contribution >= 0.6 is 0 Å². The van der Waals surface area contributed by atoms with Crippen LogP contribution in [0.3, 0.4) is 0 Å². The molecule has 0 radical (unpaired) electrons. The van der Waals surface area contributed by atoms with Crippen molar-refractivity contribution >= 4 is 21.5 Å². The van der Waals surface area contributed by atoms with E-state index in [0.29, 0.717) is 37.7 Å². The number of nitrogens with one attached hydrogen (secondary N) is 1. The third-order valence-corrected chi connectivity index (χ3v) is 6.16. The van der Waals surface area contributed by atoms with Crippen molar-refractivity contribution in [3.63, 3.8) is 0 Å². The van der Waals surface area contributed by atoms with Crippen LogP contribution in [-0.4, -0.2) is 63.8 Å². The van der Waals surface area contributed by atoms with Crippen LogP contribution in [0.25, 0.3) is 0 Å². The molecule has 0 unspecified atom stereocenters. The number of nitrogens with zero attached hydrogens (tertiary/aromatic N) is 3. The van der Waals surface area contributed by atoms with Gasteiger partial charge in [0.25, 0.3) is 0 Å². The maximum absolute atomic E-state index is 12.7. The Hall–Kier alpha value is -2.62. The quantitative estimate of drug-likeness (QED) is 0.711. The fourth-order valence-corrected chi connectivity index (χ4v) is 4.15. The van der Waals surface area contributed by atoms with Crippen molar-refractivity contribution in [2.24, 2.45) is 0 Å². The Bertz CT molecular complexity index is 898. The highest BCUT2D eigenvalue weighted by Crippen LogP contribution is 2.22. The number of hydrogen-bond donors (Lipinski definition) is 1. The average molecular weight is 404 g/mol. The average Bonchev–Trinajstić information content (AvgIpc) is 2.73. The van der Waals surface area contributed by atoms with E-state index in [1.165, 1.54) is 10.4 Å². The number of morpholine rings is 1. The predicted octanol–water partition coefficient (Wildman–Crippen LogP) is 1.07. The summed E-state index contributed by atoms with van der Waals surface area (Å²) in [5.74, 6) is -0.158. The molecule has 0 aromatic heterocycles. The molecular weight excluding hydrogens is 380 g/mol. The van der Waals surface area contributed by atoms with Gasteiger partial charge in [0, 0.05) is 45.7 Å². The second kappa shape index (κ2) is 8.59. The topological polar surface area (TPSA) is 82.2 Å². The minimum atomic E-state index is -3.53. The Labute approximate surface area is 165 Å². The molecule has 1 aromatic carbocycles. The number of anilines is 1. The van der Waals surface area contributed by atoms with Crippen LogP contribution in [0, 0.1) is 0 Å². The smallest absolute Gasteiger partial charge is 0.243 e. The van der Waals surface area contributed by atoms with E-state index in [1.54, 1.807) is 58.7 Å². The van der Waals surface area contributed by atoms with E-state index >= 15 is 0 Å². The van der Waals surface area contributed by atoms with Gasteiger partial charge < -0.3 is 9.64 Å². The van der Waals surface area contributed by atoms with Gasteiger partial charge in [-0.3, -0.25) is 15.2 Å². The summed E-state index contributed by atoms with van der Waals surface area (Å²) < 4.78 is 32.1. The third kappa shape index (κ3) is 4.61. The zero-order valence-electron chi connectivity index (χ0n) is 15.9. The second-order valence-corrected chi connectivity index (χ2v) is 8.50. The van der Waals surface area contributed by atoms with E-state index < -0.39 is 10.0 Å². The number of carbonyl (C=O) groups excluding carboxylic acids is 1. The van der Waals surface area contributed by atoms with Crippen molar-refractivity contribution in [2.45, 2.75) is 4.90 Å². The Balaban J connectivity index is 1.71. The van der Waals surface area contributed by atoms with E-state index in [4.69, 9.17) is 4.74 Å². The summed E-state index contributed by atoms with van der Waals surface area (Å²) in [4.78, 5) is 14.3. The normalized spacial score (nSPS) is 18.1. The molecule has 3 rings (SSSR count). The molecule has 150 valence electrons. The van der Waals surface area contributed by atoms with Gasteiger partial charge in [-0.15, -0.1) is 0 Å². The lowest BCUT2D eigenvalue weighted by molar-refractivity contribution is -0.111. The lowest BCUT2D eigenvalue weighted by Gasteiger charge is -2.27. The molecule has 9 heteroatoms. The van der Waals surface area contributed by atoms with Gasteiger partial charge in [0.15, 0.2) is 0 Å². The molecule has 0 saturated carbocycles. The summed E-state index contributed by atoms with van der Waals surface area (Å²) in [5.41, 5.74) is 4.16. The van der Waals surface area contributed by atoms with E-state index in [-0.39, 0.29) is 10.7 Å². The van der Waals surface area contributed by atoms with Gasteiger partial charge >= 0.3 is 0 Å². The summed E-state index contributed by atoms with van der Waals surface area (Å²) >= 11 is 0. The van der Waals surface area contributed by atoms with Crippen LogP contribution < -0.4 is 10.4 Å². The first kappa shape index (κ1) is 20.1. The van der Waals surface area contributed by atoms with E-state index in [1.807, 2.05) is 14.1 Å². The molecule has 1 aromatic rings. The second-order valence-electron chi connectivity index (χ2n) is 6.56. The molecule has 2 aliphatic rings. The van der Waals surface area contributed by atoms with Crippen molar-refractivity contribution in [2.75, 3.05) is 45.4 Å². The molecular formula is C19H24N4O4S. The Morgan fingerprint density at radius 3 is 2.50 bits per heavy atom. The van der Waals surface area contributed by atoms with Gasteiger partial charge in [-0.1, -0.05) is 0 Å². The summed E-state index contributed by atoms with van der Waals surface area (Å²) in [6, 6.07) is 6.55. The van der Waals surface area contributed by atoms with Crippen molar-refractivity contribution in [1.82, 2.24) is 14.6 Å². The lowest BCUT2D eigenvalue weighted by atomic mass is 10.2. The highest BCUT2D eigenvalue weighted by molar-refractivity contribution is 7.89. The summed E-state index contributed by atoms with van der Waals surface area (Å²) in [6.45, 7) is 1.53. The van der Waals surface area contributed by atoms with Crippen LogP contribution in [0.4, 0.5) is 5.69 Å². The fraction of sp³-hybridized carbons (Fsp3) is 0.316. The predicted molar refractivity (Wildman–Crippen MR) is 107 cm³/mol. The van der Waals surface area contributed by atoms with Crippen LogP contribution in [0.5, 0.6) is 0 Å². The monoisotopic (exact) mass is 404 g/mol. The minimum Gasteiger partial charge on any atom is -0.383 e. The molecule has 0 aliphatic carbocycles. The Kier molecular flexibility index (Phi) is 6.18. The molecule has 2 aliphatic heterocycles. The van der Waals surface area contributed by atoms with Crippen molar-refractivity contribution in [1.29, 1.82) is 0 Å². The Morgan fingerprint density at radius 2 is 1.86 bits per heavy atom. The highest BCUT2D eigenvalue weighted by atomic mass is 32.2. The number of hydrazine groups is 1.